The summed E-state index contributed by atoms with van der Waals surface area (Å²) < 4.78 is 13.9. The fourth-order valence-electron chi connectivity index (χ4n) is 3.47. The molecule has 0 radical (unpaired) electrons. The highest BCUT2D eigenvalue weighted by Crippen LogP contribution is 2.34. The molecule has 1 aromatic heterocycles. The molecule has 0 saturated carbocycles. The largest absolute Gasteiger partial charge is 0.489 e. The number of ether oxygens (including phenoxy) is 2. The number of anilines is 1. The molecule has 0 spiro atoms. The molecule has 4 aromatic rings. The zero-order valence-electron chi connectivity index (χ0n) is 17.0. The van der Waals surface area contributed by atoms with Gasteiger partial charge in [0.25, 0.3) is 0 Å². The molecule has 0 atom stereocenters. The van der Waals surface area contributed by atoms with Crippen LogP contribution in [-0.4, -0.2) is 21.2 Å². The van der Waals surface area contributed by atoms with Crippen molar-refractivity contribution >= 4 is 34.4 Å². The van der Waals surface area contributed by atoms with Crippen LogP contribution in [0.2, 0.25) is 0 Å². The van der Waals surface area contributed by atoms with Crippen LogP contribution in [0.3, 0.4) is 0 Å². The molecule has 3 aromatic carbocycles. The van der Waals surface area contributed by atoms with E-state index >= 15 is 0 Å². The van der Waals surface area contributed by atoms with Crippen LogP contribution in [0.5, 0.6) is 11.5 Å². The van der Waals surface area contributed by atoms with Crippen LogP contribution in [-0.2, 0) is 25.1 Å². The van der Waals surface area contributed by atoms with E-state index in [4.69, 9.17) is 9.47 Å². The molecule has 7 heteroatoms. The Labute approximate surface area is 184 Å². The summed E-state index contributed by atoms with van der Waals surface area (Å²) in [4.78, 5) is 17.1. The second kappa shape index (κ2) is 8.35. The number of aromatic nitrogens is 2. The molecule has 0 saturated heterocycles. The summed E-state index contributed by atoms with van der Waals surface area (Å²) in [5.41, 5.74) is 3.96. The lowest BCUT2D eigenvalue weighted by molar-refractivity contribution is -0.113. The van der Waals surface area contributed by atoms with Gasteiger partial charge in [-0.2, -0.15) is 0 Å². The lowest BCUT2D eigenvalue weighted by Crippen LogP contribution is -2.18. The van der Waals surface area contributed by atoms with E-state index in [1.54, 1.807) is 0 Å². The molecule has 6 nitrogen and oxygen atoms in total. The third kappa shape index (κ3) is 4.22. The Hall–Kier alpha value is -3.45. The van der Waals surface area contributed by atoms with Crippen LogP contribution in [0, 0.1) is 0 Å². The summed E-state index contributed by atoms with van der Waals surface area (Å²) in [6.07, 6.45) is 0. The second-order valence-corrected chi connectivity index (χ2v) is 8.31. The van der Waals surface area contributed by atoms with Crippen molar-refractivity contribution in [2.45, 2.75) is 18.1 Å². The van der Waals surface area contributed by atoms with Crippen LogP contribution in [0.25, 0.3) is 11.0 Å². The van der Waals surface area contributed by atoms with Crippen molar-refractivity contribution < 1.29 is 14.3 Å². The van der Waals surface area contributed by atoms with Crippen LogP contribution in [0.1, 0.15) is 11.4 Å². The first-order valence-corrected chi connectivity index (χ1v) is 11.0. The summed E-state index contributed by atoms with van der Waals surface area (Å²) in [5, 5.41) is 2.87. The molecule has 31 heavy (non-hydrogen) atoms. The van der Waals surface area contributed by atoms with Crippen molar-refractivity contribution in [2.24, 2.45) is 7.05 Å². The molecule has 1 aliphatic rings. The number of rotatable bonds is 6. The molecule has 1 amide bonds. The number of fused-ring (bicyclic) bond motifs is 2. The molecular weight excluding hydrogens is 410 g/mol. The van der Waals surface area contributed by atoms with Gasteiger partial charge >= 0.3 is 0 Å². The second-order valence-electron chi connectivity index (χ2n) is 7.29. The first-order valence-electron chi connectivity index (χ1n) is 9.97. The number of para-hydroxylation sites is 2. The quantitative estimate of drug-likeness (QED) is 0.476. The van der Waals surface area contributed by atoms with E-state index in [1.165, 1.54) is 11.8 Å². The van der Waals surface area contributed by atoms with Gasteiger partial charge < -0.3 is 19.4 Å². The van der Waals surface area contributed by atoms with Gasteiger partial charge in [0.15, 0.2) is 0 Å². The molecule has 0 bridgehead atoms. The maximum absolute atomic E-state index is 11.5. The van der Waals surface area contributed by atoms with Crippen molar-refractivity contribution in [3.05, 3.63) is 78.1 Å². The number of nitrogens with zero attached hydrogens (tertiary/aromatic N) is 2. The van der Waals surface area contributed by atoms with Gasteiger partial charge in [-0.3, -0.25) is 4.79 Å². The Kier molecular flexibility index (Phi) is 5.26. The number of hydrogen-bond donors (Lipinski definition) is 1. The van der Waals surface area contributed by atoms with Crippen molar-refractivity contribution in [3.63, 3.8) is 0 Å². The van der Waals surface area contributed by atoms with Gasteiger partial charge in [0.05, 0.1) is 22.5 Å². The molecule has 156 valence electrons. The lowest BCUT2D eigenvalue weighted by atomic mass is 10.2. The highest BCUT2D eigenvalue weighted by molar-refractivity contribution is 8.00. The number of imidazole rings is 1. The first kappa shape index (κ1) is 19.5. The summed E-state index contributed by atoms with van der Waals surface area (Å²) in [6, 6.07) is 21.7. The van der Waals surface area contributed by atoms with Crippen LogP contribution < -0.4 is 14.8 Å². The number of carbonyl (C=O) groups is 1. The van der Waals surface area contributed by atoms with Gasteiger partial charge in [-0.1, -0.05) is 24.3 Å². The third-order valence-corrected chi connectivity index (χ3v) is 6.22. The monoisotopic (exact) mass is 431 g/mol. The van der Waals surface area contributed by atoms with Gasteiger partial charge in [0, 0.05) is 11.9 Å². The van der Waals surface area contributed by atoms with Gasteiger partial charge in [-0.25, -0.2) is 4.98 Å². The highest BCUT2D eigenvalue weighted by atomic mass is 32.2. The maximum Gasteiger partial charge on any atom is 0.234 e. The first-order chi connectivity index (χ1) is 15.2. The Morgan fingerprint density at radius 1 is 1.00 bits per heavy atom. The van der Waals surface area contributed by atoms with E-state index in [0.29, 0.717) is 19.0 Å². The van der Waals surface area contributed by atoms with Crippen LogP contribution in [0.15, 0.2) is 71.6 Å². The molecular formula is C24H21N3O3S. The molecule has 1 aliphatic heterocycles. The third-order valence-electron chi connectivity index (χ3n) is 5.16. The van der Waals surface area contributed by atoms with E-state index in [0.717, 1.165) is 44.5 Å². The Morgan fingerprint density at radius 3 is 2.61 bits per heavy atom. The maximum atomic E-state index is 11.5. The summed E-state index contributed by atoms with van der Waals surface area (Å²) in [6.45, 7) is 0.866. The zero-order valence-corrected chi connectivity index (χ0v) is 17.8. The fourth-order valence-corrected chi connectivity index (χ4v) is 4.30. The Balaban J connectivity index is 1.18. The van der Waals surface area contributed by atoms with Crippen molar-refractivity contribution in [1.29, 1.82) is 0 Å². The zero-order chi connectivity index (χ0) is 21.2. The number of amides is 1. The van der Waals surface area contributed by atoms with E-state index in [2.05, 4.69) is 20.9 Å². The molecule has 0 aliphatic carbocycles. The molecule has 2 heterocycles. The average Bonchev–Trinajstić information content (AvgIpc) is 3.12. The van der Waals surface area contributed by atoms with Crippen LogP contribution in [0.4, 0.5) is 5.69 Å². The number of aryl methyl sites for hydroxylation is 1. The van der Waals surface area contributed by atoms with Crippen LogP contribution >= 0.6 is 11.8 Å². The number of nitrogens with one attached hydrogen (secondary N) is 1. The topological polar surface area (TPSA) is 65.4 Å². The molecule has 5 rings (SSSR count). The predicted octanol–water partition coefficient (Wildman–Crippen LogP) is 4.78. The van der Waals surface area contributed by atoms with Gasteiger partial charge in [-0.15, -0.1) is 11.8 Å². The van der Waals surface area contributed by atoms with Gasteiger partial charge in [0.2, 0.25) is 5.91 Å². The predicted molar refractivity (Wildman–Crippen MR) is 122 cm³/mol. The van der Waals surface area contributed by atoms with Gasteiger partial charge in [-0.05, 0) is 48.0 Å². The SMILES string of the molecule is Cn1c(COc2ccc(COc3ccc4c(c3)SCC(=O)N4)cc2)nc2ccccc21. The number of thioether (sulfide) groups is 1. The van der Waals surface area contributed by atoms with E-state index in [9.17, 15) is 4.79 Å². The normalized spacial score (nSPS) is 13.0. The smallest absolute Gasteiger partial charge is 0.234 e. The minimum atomic E-state index is 0.0321. The van der Waals surface area contributed by atoms with E-state index in [-0.39, 0.29) is 5.91 Å². The minimum Gasteiger partial charge on any atom is -0.489 e. The molecule has 0 unspecified atom stereocenters. The van der Waals surface area contributed by atoms with E-state index < -0.39 is 0 Å². The van der Waals surface area contributed by atoms with Crippen molar-refractivity contribution in [2.75, 3.05) is 11.1 Å². The Morgan fingerprint density at radius 2 is 1.77 bits per heavy atom. The summed E-state index contributed by atoms with van der Waals surface area (Å²) in [5.74, 6) is 2.92. The van der Waals surface area contributed by atoms with Gasteiger partial charge in [0.1, 0.15) is 30.5 Å². The lowest BCUT2D eigenvalue weighted by Gasteiger charge is -2.17. The Bertz CT molecular complexity index is 1250. The highest BCUT2D eigenvalue weighted by Gasteiger charge is 2.15. The standard InChI is InChI=1S/C24H21N3O3S/c1-27-21-5-3-2-4-19(21)25-23(27)14-30-17-8-6-16(7-9-17)13-29-18-10-11-20-22(12-18)31-15-24(28)26-20/h2-12H,13-15H2,1H3,(H,26,28). The number of hydrogen-bond acceptors (Lipinski definition) is 5. The van der Waals surface area contributed by atoms with Crippen molar-refractivity contribution in [1.82, 2.24) is 9.55 Å². The number of carbonyl (C=O) groups excluding carboxylic acids is 1. The van der Waals surface area contributed by atoms with Crippen molar-refractivity contribution in [3.8, 4) is 11.5 Å². The summed E-state index contributed by atoms with van der Waals surface area (Å²) >= 11 is 1.52. The molecule has 0 fully saturated rings. The summed E-state index contributed by atoms with van der Waals surface area (Å²) in [7, 11) is 2.00. The fraction of sp³-hybridized carbons (Fsp3) is 0.167. The minimum absolute atomic E-state index is 0.0321. The number of benzene rings is 3. The average molecular weight is 432 g/mol. The molecule has 1 N–H and O–H groups in total. The van der Waals surface area contributed by atoms with E-state index in [1.807, 2.05) is 67.7 Å².